The quantitative estimate of drug-likeness (QED) is 0.341. The van der Waals surface area contributed by atoms with Crippen molar-refractivity contribution in [2.24, 2.45) is 0 Å². The smallest absolute Gasteiger partial charge is 0.342 e. The van der Waals surface area contributed by atoms with Gasteiger partial charge >= 0.3 is 5.97 Å². The molecule has 32 heavy (non-hydrogen) atoms. The molecule has 1 heterocycles. The van der Waals surface area contributed by atoms with Gasteiger partial charge in [-0.2, -0.15) is 0 Å². The van der Waals surface area contributed by atoms with Crippen molar-refractivity contribution in [3.63, 3.8) is 0 Å². The van der Waals surface area contributed by atoms with Crippen LogP contribution in [0.25, 0.3) is 17.5 Å². The van der Waals surface area contributed by atoms with E-state index in [1.54, 1.807) is 38.5 Å². The molecule has 8 nitrogen and oxygen atoms in total. The van der Waals surface area contributed by atoms with Crippen molar-refractivity contribution in [2.45, 2.75) is 19.1 Å². The minimum atomic E-state index is -1.08. The molecular formula is C23H25N3O5S. The molecule has 2 aromatic carbocycles. The maximum atomic E-state index is 11.8. The van der Waals surface area contributed by atoms with Crippen LogP contribution < -0.4 is 14.4 Å². The molecule has 0 spiro atoms. The molecule has 0 aliphatic rings. The molecule has 0 saturated heterocycles. The molecule has 0 fully saturated rings. The van der Waals surface area contributed by atoms with E-state index in [4.69, 9.17) is 13.9 Å². The number of carboxylic acids is 1. The molecule has 168 valence electrons. The second-order valence-corrected chi connectivity index (χ2v) is 7.65. The van der Waals surface area contributed by atoms with Crippen LogP contribution in [0.2, 0.25) is 0 Å². The number of thioether (sulfide) groups is 1. The summed E-state index contributed by atoms with van der Waals surface area (Å²) in [6, 6.07) is 12.9. The molecule has 0 radical (unpaired) electrons. The van der Waals surface area contributed by atoms with Gasteiger partial charge in [-0.25, -0.2) is 4.79 Å². The van der Waals surface area contributed by atoms with Crippen LogP contribution in [0.4, 0.5) is 5.69 Å². The van der Waals surface area contributed by atoms with Crippen molar-refractivity contribution < 1.29 is 23.8 Å². The summed E-state index contributed by atoms with van der Waals surface area (Å²) in [5, 5.41) is 17.8. The summed E-state index contributed by atoms with van der Waals surface area (Å²) in [6.45, 7) is 5.99. The van der Waals surface area contributed by atoms with Crippen molar-refractivity contribution in [3.8, 4) is 23.0 Å². The van der Waals surface area contributed by atoms with Crippen LogP contribution in [-0.4, -0.2) is 48.6 Å². The zero-order valence-electron chi connectivity index (χ0n) is 18.4. The van der Waals surface area contributed by atoms with Crippen molar-refractivity contribution >= 4 is 29.5 Å². The Morgan fingerprint density at radius 3 is 2.22 bits per heavy atom. The SMILES string of the molecule is CCN(CC)c1ccc(/C=C(\Sc2nnc(-c3cc(OC)cc(OC)c3)o2)C(=O)O)cc1. The summed E-state index contributed by atoms with van der Waals surface area (Å²) in [4.78, 5) is 14.1. The van der Waals surface area contributed by atoms with Gasteiger partial charge in [-0.15, -0.1) is 10.2 Å². The van der Waals surface area contributed by atoms with Gasteiger partial charge in [0.15, 0.2) is 0 Å². The Morgan fingerprint density at radius 1 is 1.06 bits per heavy atom. The number of rotatable bonds is 10. The summed E-state index contributed by atoms with van der Waals surface area (Å²) in [5.41, 5.74) is 2.46. The highest BCUT2D eigenvalue weighted by Gasteiger charge is 2.17. The number of methoxy groups -OCH3 is 2. The molecule has 0 aliphatic carbocycles. The summed E-state index contributed by atoms with van der Waals surface area (Å²) >= 11 is 0.895. The third kappa shape index (κ3) is 5.61. The predicted molar refractivity (Wildman–Crippen MR) is 124 cm³/mol. The van der Waals surface area contributed by atoms with Crippen LogP contribution in [0, 0.1) is 0 Å². The fraction of sp³-hybridized carbons (Fsp3) is 0.261. The second-order valence-electron chi connectivity index (χ2n) is 6.65. The number of aromatic nitrogens is 2. The molecular weight excluding hydrogens is 430 g/mol. The largest absolute Gasteiger partial charge is 0.497 e. The van der Waals surface area contributed by atoms with Gasteiger partial charge in [0, 0.05) is 30.4 Å². The fourth-order valence-electron chi connectivity index (χ4n) is 3.05. The van der Waals surface area contributed by atoms with Gasteiger partial charge in [-0.3, -0.25) is 0 Å². The van der Waals surface area contributed by atoms with Crippen LogP contribution in [0.5, 0.6) is 11.5 Å². The first-order valence-corrected chi connectivity index (χ1v) is 10.8. The van der Waals surface area contributed by atoms with Gasteiger partial charge in [0.05, 0.1) is 14.2 Å². The molecule has 0 atom stereocenters. The van der Waals surface area contributed by atoms with E-state index in [0.717, 1.165) is 36.1 Å². The number of carboxylic acid groups (broad SMARTS) is 1. The molecule has 0 bridgehead atoms. The zero-order chi connectivity index (χ0) is 23.1. The van der Waals surface area contributed by atoms with Crippen molar-refractivity contribution in [1.29, 1.82) is 0 Å². The average molecular weight is 456 g/mol. The monoisotopic (exact) mass is 455 g/mol. The summed E-state index contributed by atoms with van der Waals surface area (Å²) in [5.74, 6) is 0.306. The Bertz CT molecular complexity index is 1070. The van der Waals surface area contributed by atoms with Crippen molar-refractivity contribution in [1.82, 2.24) is 10.2 Å². The lowest BCUT2D eigenvalue weighted by Crippen LogP contribution is -2.21. The van der Waals surface area contributed by atoms with Crippen LogP contribution >= 0.6 is 11.8 Å². The topological polar surface area (TPSA) is 97.9 Å². The summed E-state index contributed by atoms with van der Waals surface area (Å²) in [7, 11) is 3.10. The fourth-order valence-corrected chi connectivity index (χ4v) is 3.72. The molecule has 0 aliphatic heterocycles. The lowest BCUT2D eigenvalue weighted by molar-refractivity contribution is -0.131. The van der Waals surface area contributed by atoms with E-state index in [9.17, 15) is 9.90 Å². The standard InChI is InChI=1S/C23H25N3O5S/c1-5-26(6-2)17-9-7-15(8-10-17)11-20(22(27)28)32-23-25-24-21(31-23)16-12-18(29-3)14-19(13-16)30-4/h7-14H,5-6H2,1-4H3,(H,27,28)/b20-11-. The first kappa shape index (κ1) is 23.2. The Hall–Kier alpha value is -3.46. The number of benzene rings is 2. The maximum Gasteiger partial charge on any atom is 0.342 e. The van der Waals surface area contributed by atoms with Crippen LogP contribution in [0.3, 0.4) is 0 Å². The van der Waals surface area contributed by atoms with Gasteiger partial charge in [0.1, 0.15) is 16.4 Å². The second kappa shape index (κ2) is 10.7. The normalized spacial score (nSPS) is 11.3. The Labute approximate surface area is 190 Å². The van der Waals surface area contributed by atoms with Gasteiger partial charge in [0.2, 0.25) is 5.89 Å². The van der Waals surface area contributed by atoms with Gasteiger partial charge < -0.3 is 23.9 Å². The number of nitrogens with zero attached hydrogens (tertiary/aromatic N) is 3. The summed E-state index contributed by atoms with van der Waals surface area (Å²) < 4.78 is 16.2. The molecule has 0 saturated carbocycles. The molecule has 3 rings (SSSR count). The van der Waals surface area contributed by atoms with Crippen LogP contribution in [0.15, 0.2) is 57.0 Å². The molecule has 1 aromatic heterocycles. The number of hydrogen-bond donors (Lipinski definition) is 1. The number of anilines is 1. The average Bonchev–Trinajstić information content (AvgIpc) is 3.28. The first-order valence-electron chi connectivity index (χ1n) is 10.0. The van der Waals surface area contributed by atoms with Gasteiger partial charge in [0.25, 0.3) is 5.22 Å². The van der Waals surface area contributed by atoms with Gasteiger partial charge in [-0.1, -0.05) is 12.1 Å². The van der Waals surface area contributed by atoms with E-state index >= 15 is 0 Å². The molecule has 0 unspecified atom stereocenters. The molecule has 0 amide bonds. The third-order valence-corrected chi connectivity index (χ3v) is 5.58. The Balaban J connectivity index is 1.82. The Morgan fingerprint density at radius 2 is 1.69 bits per heavy atom. The van der Waals surface area contributed by atoms with E-state index in [1.807, 2.05) is 24.3 Å². The van der Waals surface area contributed by atoms with Crippen molar-refractivity contribution in [3.05, 3.63) is 52.9 Å². The first-order chi connectivity index (χ1) is 15.5. The summed E-state index contributed by atoms with van der Waals surface area (Å²) in [6.07, 6.45) is 1.58. The van der Waals surface area contributed by atoms with E-state index in [1.165, 1.54) is 0 Å². The lowest BCUT2D eigenvalue weighted by Gasteiger charge is -2.20. The highest BCUT2D eigenvalue weighted by molar-refractivity contribution is 8.03. The molecule has 3 aromatic rings. The highest BCUT2D eigenvalue weighted by Crippen LogP contribution is 2.33. The van der Waals surface area contributed by atoms with Crippen LogP contribution in [-0.2, 0) is 4.79 Å². The molecule has 9 heteroatoms. The van der Waals surface area contributed by atoms with E-state index < -0.39 is 5.97 Å². The highest BCUT2D eigenvalue weighted by atomic mass is 32.2. The maximum absolute atomic E-state index is 11.8. The van der Waals surface area contributed by atoms with E-state index in [0.29, 0.717) is 17.1 Å². The van der Waals surface area contributed by atoms with Crippen LogP contribution in [0.1, 0.15) is 19.4 Å². The Kier molecular flexibility index (Phi) is 7.77. The third-order valence-electron chi connectivity index (χ3n) is 4.73. The van der Waals surface area contributed by atoms with E-state index in [2.05, 4.69) is 28.9 Å². The number of ether oxygens (including phenoxy) is 2. The predicted octanol–water partition coefficient (Wildman–Crippen LogP) is 4.82. The van der Waals surface area contributed by atoms with Crippen molar-refractivity contribution in [2.75, 3.05) is 32.2 Å². The van der Waals surface area contributed by atoms with E-state index in [-0.39, 0.29) is 16.0 Å². The number of aliphatic carboxylic acids is 1. The minimum Gasteiger partial charge on any atom is -0.497 e. The number of carbonyl (C=O) groups is 1. The molecule has 1 N–H and O–H groups in total. The lowest BCUT2D eigenvalue weighted by atomic mass is 10.2. The minimum absolute atomic E-state index is 0.0685. The number of hydrogen-bond acceptors (Lipinski definition) is 8. The zero-order valence-corrected chi connectivity index (χ0v) is 19.2. The van der Waals surface area contributed by atoms with Gasteiger partial charge in [-0.05, 0) is 61.5 Å².